The van der Waals surface area contributed by atoms with Crippen LogP contribution >= 0.6 is 0 Å². The molecule has 0 aliphatic carbocycles. The number of aliphatic hydroxyl groups is 1. The Balaban J connectivity index is 3.62. The fraction of sp³-hybridized carbons (Fsp3) is 0.864. The first kappa shape index (κ1) is 24.2. The van der Waals surface area contributed by atoms with Crippen molar-refractivity contribution < 1.29 is 9.90 Å². The van der Waals surface area contributed by atoms with Crippen molar-refractivity contribution in [3.63, 3.8) is 0 Å². The summed E-state index contributed by atoms with van der Waals surface area (Å²) in [6.07, 6.45) is 17.7. The van der Waals surface area contributed by atoms with Crippen LogP contribution in [0, 0.1) is 5.41 Å². The summed E-state index contributed by atoms with van der Waals surface area (Å²) in [7, 11) is 0. The van der Waals surface area contributed by atoms with Crippen molar-refractivity contribution in [2.75, 3.05) is 0 Å². The van der Waals surface area contributed by atoms with Crippen LogP contribution in [0.15, 0.2) is 12.2 Å². The average Bonchev–Trinajstić information content (AvgIpc) is 2.54. The molecule has 0 fully saturated rings. The van der Waals surface area contributed by atoms with E-state index in [0.29, 0.717) is 0 Å². The summed E-state index contributed by atoms with van der Waals surface area (Å²) < 4.78 is 0. The predicted molar refractivity (Wildman–Crippen MR) is 109 cm³/mol. The normalized spacial score (nSPS) is 14.6. The van der Waals surface area contributed by atoms with Crippen molar-refractivity contribution >= 4 is 5.91 Å². The largest absolute Gasteiger partial charge is 0.387 e. The topological polar surface area (TPSA) is 49.3 Å². The van der Waals surface area contributed by atoms with Crippen molar-refractivity contribution in [1.82, 2.24) is 5.32 Å². The number of amides is 1. The van der Waals surface area contributed by atoms with Crippen LogP contribution in [0.3, 0.4) is 0 Å². The molecular formula is C22H43NO2. The second kappa shape index (κ2) is 14.4. The molecule has 0 spiro atoms. The van der Waals surface area contributed by atoms with Gasteiger partial charge in [0.15, 0.2) is 0 Å². The van der Waals surface area contributed by atoms with Crippen LogP contribution in [-0.4, -0.2) is 23.2 Å². The van der Waals surface area contributed by atoms with Gasteiger partial charge < -0.3 is 10.4 Å². The molecule has 148 valence electrons. The van der Waals surface area contributed by atoms with Crippen LogP contribution in [0.1, 0.15) is 105 Å². The van der Waals surface area contributed by atoms with E-state index >= 15 is 0 Å². The van der Waals surface area contributed by atoms with Gasteiger partial charge in [0, 0.05) is 5.41 Å². The highest BCUT2D eigenvalue weighted by molar-refractivity contribution is 5.81. The van der Waals surface area contributed by atoms with Gasteiger partial charge in [-0.3, -0.25) is 4.79 Å². The highest BCUT2D eigenvalue weighted by atomic mass is 16.3. The molecule has 0 unspecified atom stereocenters. The van der Waals surface area contributed by atoms with E-state index in [1.807, 2.05) is 33.8 Å². The number of aliphatic hydroxyl groups excluding tert-OH is 1. The van der Waals surface area contributed by atoms with E-state index in [-0.39, 0.29) is 11.9 Å². The fourth-order valence-electron chi connectivity index (χ4n) is 2.66. The Labute approximate surface area is 156 Å². The lowest BCUT2D eigenvalue weighted by Gasteiger charge is -2.23. The number of carbonyl (C=O) groups excluding carboxylic acids is 1. The molecule has 3 heteroatoms. The number of unbranched alkanes of at least 4 members (excludes halogenated alkanes) is 10. The Bertz CT molecular complexity index is 358. The van der Waals surface area contributed by atoms with E-state index in [1.54, 1.807) is 0 Å². The van der Waals surface area contributed by atoms with Gasteiger partial charge in [0.2, 0.25) is 5.91 Å². The number of nitrogens with one attached hydrogen (secondary N) is 1. The van der Waals surface area contributed by atoms with Crippen molar-refractivity contribution in [2.45, 2.75) is 117 Å². The molecule has 0 aliphatic rings. The van der Waals surface area contributed by atoms with Gasteiger partial charge in [-0.15, -0.1) is 0 Å². The van der Waals surface area contributed by atoms with Gasteiger partial charge in [0.05, 0.1) is 12.1 Å². The second-order valence-corrected chi connectivity index (χ2v) is 8.40. The molecule has 1 amide bonds. The summed E-state index contributed by atoms with van der Waals surface area (Å²) in [6, 6.07) is -0.254. The van der Waals surface area contributed by atoms with Crippen LogP contribution in [-0.2, 0) is 4.79 Å². The maximum absolute atomic E-state index is 11.9. The Kier molecular flexibility index (Phi) is 13.9. The van der Waals surface area contributed by atoms with Crippen LogP contribution in [0.2, 0.25) is 0 Å². The third-order valence-electron chi connectivity index (χ3n) is 4.61. The molecule has 3 nitrogen and oxygen atoms in total. The molecule has 0 heterocycles. The molecule has 0 radical (unpaired) electrons. The van der Waals surface area contributed by atoms with Crippen molar-refractivity contribution in [3.05, 3.63) is 12.2 Å². The van der Waals surface area contributed by atoms with Gasteiger partial charge in [-0.05, 0) is 19.8 Å². The SMILES string of the molecule is CCCCCCCCCCCC/C=C/[C@H](O)[C@H](C)NC(=O)C(C)(C)C. The van der Waals surface area contributed by atoms with Gasteiger partial charge in [-0.1, -0.05) is 97.6 Å². The van der Waals surface area contributed by atoms with Gasteiger partial charge in [-0.25, -0.2) is 0 Å². The molecule has 25 heavy (non-hydrogen) atoms. The predicted octanol–water partition coefficient (Wildman–Crippen LogP) is 5.77. The van der Waals surface area contributed by atoms with Crippen molar-refractivity contribution in [2.24, 2.45) is 5.41 Å². The molecule has 0 aromatic heterocycles. The maximum atomic E-state index is 11.9. The molecule has 0 rings (SSSR count). The van der Waals surface area contributed by atoms with Crippen LogP contribution in [0.25, 0.3) is 0 Å². The number of allylic oxidation sites excluding steroid dienone is 1. The molecule has 0 saturated carbocycles. The minimum Gasteiger partial charge on any atom is -0.387 e. The van der Waals surface area contributed by atoms with E-state index in [9.17, 15) is 9.90 Å². The Morgan fingerprint density at radius 3 is 1.92 bits per heavy atom. The van der Waals surface area contributed by atoms with Gasteiger partial charge in [-0.2, -0.15) is 0 Å². The molecule has 0 aliphatic heterocycles. The molecule has 2 atom stereocenters. The number of hydrogen-bond donors (Lipinski definition) is 2. The standard InChI is InChI=1S/C22H43NO2/c1-6-7-8-9-10-11-12-13-14-15-16-17-18-20(24)19(2)23-21(25)22(3,4)5/h17-20,24H,6-16H2,1-5H3,(H,23,25)/b18-17+/t19-,20-/m0/s1. The second-order valence-electron chi connectivity index (χ2n) is 8.40. The summed E-state index contributed by atoms with van der Waals surface area (Å²) >= 11 is 0. The van der Waals surface area contributed by atoms with E-state index in [2.05, 4.69) is 18.3 Å². The third-order valence-corrected chi connectivity index (χ3v) is 4.61. The zero-order chi connectivity index (χ0) is 19.1. The van der Waals surface area contributed by atoms with Crippen LogP contribution < -0.4 is 5.32 Å². The first-order valence-electron chi connectivity index (χ1n) is 10.4. The Morgan fingerprint density at radius 1 is 0.960 bits per heavy atom. The molecule has 2 N–H and O–H groups in total. The lowest BCUT2D eigenvalue weighted by molar-refractivity contribution is -0.129. The molecular weight excluding hydrogens is 310 g/mol. The lowest BCUT2D eigenvalue weighted by Crippen LogP contribution is -2.45. The van der Waals surface area contributed by atoms with E-state index in [1.165, 1.54) is 64.2 Å². The summed E-state index contributed by atoms with van der Waals surface area (Å²) in [5.41, 5.74) is -0.423. The monoisotopic (exact) mass is 353 g/mol. The molecule has 0 saturated heterocycles. The maximum Gasteiger partial charge on any atom is 0.225 e. The quantitative estimate of drug-likeness (QED) is 0.308. The third kappa shape index (κ3) is 14.1. The van der Waals surface area contributed by atoms with E-state index < -0.39 is 11.5 Å². The highest BCUT2D eigenvalue weighted by Gasteiger charge is 2.24. The summed E-state index contributed by atoms with van der Waals surface area (Å²) in [6.45, 7) is 9.74. The zero-order valence-electron chi connectivity index (χ0n) is 17.4. The van der Waals surface area contributed by atoms with E-state index in [0.717, 1.165) is 6.42 Å². The summed E-state index contributed by atoms with van der Waals surface area (Å²) in [4.78, 5) is 11.9. The highest BCUT2D eigenvalue weighted by Crippen LogP contribution is 2.14. The van der Waals surface area contributed by atoms with Gasteiger partial charge in [0.1, 0.15) is 0 Å². The number of hydrogen-bond acceptors (Lipinski definition) is 2. The first-order chi connectivity index (χ1) is 11.8. The lowest BCUT2D eigenvalue weighted by atomic mass is 9.95. The molecule has 0 aromatic carbocycles. The summed E-state index contributed by atoms with van der Waals surface area (Å²) in [5, 5.41) is 13.0. The van der Waals surface area contributed by atoms with Crippen LogP contribution in [0.4, 0.5) is 0 Å². The number of carbonyl (C=O) groups is 1. The van der Waals surface area contributed by atoms with Crippen LogP contribution in [0.5, 0.6) is 0 Å². The smallest absolute Gasteiger partial charge is 0.225 e. The first-order valence-corrected chi connectivity index (χ1v) is 10.4. The summed E-state index contributed by atoms with van der Waals surface area (Å²) in [5.74, 6) is -0.0258. The Morgan fingerprint density at radius 2 is 1.44 bits per heavy atom. The van der Waals surface area contributed by atoms with Gasteiger partial charge >= 0.3 is 0 Å². The van der Waals surface area contributed by atoms with E-state index in [4.69, 9.17) is 0 Å². The Hall–Kier alpha value is -0.830. The molecule has 0 bridgehead atoms. The van der Waals surface area contributed by atoms with Crippen molar-refractivity contribution in [3.8, 4) is 0 Å². The zero-order valence-corrected chi connectivity index (χ0v) is 17.4. The van der Waals surface area contributed by atoms with Crippen molar-refractivity contribution in [1.29, 1.82) is 0 Å². The minimum atomic E-state index is -0.616. The minimum absolute atomic E-state index is 0.0258. The average molecular weight is 354 g/mol. The number of rotatable bonds is 14. The van der Waals surface area contributed by atoms with Gasteiger partial charge in [0.25, 0.3) is 0 Å². The molecule has 0 aromatic rings. The fourth-order valence-corrected chi connectivity index (χ4v) is 2.66.